The van der Waals surface area contributed by atoms with E-state index in [9.17, 15) is 9.59 Å². The fraction of sp³-hybridized carbons (Fsp3) is 0.833. The summed E-state index contributed by atoms with van der Waals surface area (Å²) in [6.07, 6.45) is 5.99. The molecule has 1 fully saturated rings. The summed E-state index contributed by atoms with van der Waals surface area (Å²) < 4.78 is 4.79. The average molecular weight is 242 g/mol. The summed E-state index contributed by atoms with van der Waals surface area (Å²) in [5, 5.41) is 5.44. The van der Waals surface area contributed by atoms with Crippen molar-refractivity contribution in [1.82, 2.24) is 10.6 Å². The predicted octanol–water partition coefficient (Wildman–Crippen LogP) is 1.57. The van der Waals surface area contributed by atoms with Crippen molar-refractivity contribution in [3.8, 4) is 0 Å². The Morgan fingerprint density at radius 1 is 1.24 bits per heavy atom. The van der Waals surface area contributed by atoms with Crippen LogP contribution in [0.4, 0.5) is 4.79 Å². The van der Waals surface area contributed by atoms with Crippen molar-refractivity contribution in [3.05, 3.63) is 0 Å². The first-order valence-corrected chi connectivity index (χ1v) is 6.42. The molecule has 98 valence electrons. The molecule has 2 N–H and O–H groups in total. The number of carbonyl (C=O) groups excluding carboxylic acids is 2. The summed E-state index contributed by atoms with van der Waals surface area (Å²) in [6, 6.07) is 0.263. The van der Waals surface area contributed by atoms with Crippen molar-refractivity contribution < 1.29 is 14.3 Å². The SMILES string of the molecule is CCCNC(=O)OCC(=O)NC1CCCCC1. The third-order valence-electron chi connectivity index (χ3n) is 2.82. The van der Waals surface area contributed by atoms with Crippen molar-refractivity contribution in [2.24, 2.45) is 0 Å². The predicted molar refractivity (Wildman–Crippen MR) is 64.7 cm³/mol. The maximum atomic E-state index is 11.5. The van der Waals surface area contributed by atoms with Crippen LogP contribution in [0.1, 0.15) is 45.4 Å². The van der Waals surface area contributed by atoms with E-state index in [0.29, 0.717) is 6.54 Å². The van der Waals surface area contributed by atoms with Crippen LogP contribution in [0, 0.1) is 0 Å². The molecule has 2 amide bonds. The summed E-state index contributed by atoms with van der Waals surface area (Å²) in [6.45, 7) is 2.34. The lowest BCUT2D eigenvalue weighted by molar-refractivity contribution is -0.124. The van der Waals surface area contributed by atoms with Gasteiger partial charge in [0.05, 0.1) is 0 Å². The van der Waals surface area contributed by atoms with Gasteiger partial charge >= 0.3 is 6.09 Å². The Labute approximate surface area is 102 Å². The number of ether oxygens (including phenoxy) is 1. The molecule has 1 rings (SSSR count). The molecule has 0 heterocycles. The second kappa shape index (κ2) is 7.92. The minimum Gasteiger partial charge on any atom is -0.439 e. The van der Waals surface area contributed by atoms with Crippen LogP contribution in [0.15, 0.2) is 0 Å². The molecule has 0 radical (unpaired) electrons. The van der Waals surface area contributed by atoms with Gasteiger partial charge in [-0.1, -0.05) is 26.2 Å². The molecule has 0 saturated heterocycles. The Kier molecular flexibility index (Phi) is 6.43. The maximum absolute atomic E-state index is 11.5. The van der Waals surface area contributed by atoms with Gasteiger partial charge in [-0.3, -0.25) is 4.79 Å². The van der Waals surface area contributed by atoms with E-state index in [-0.39, 0.29) is 18.6 Å². The monoisotopic (exact) mass is 242 g/mol. The molecule has 0 unspecified atom stereocenters. The van der Waals surface area contributed by atoms with Crippen molar-refractivity contribution in [1.29, 1.82) is 0 Å². The van der Waals surface area contributed by atoms with Crippen LogP contribution >= 0.6 is 0 Å². The van der Waals surface area contributed by atoms with Crippen molar-refractivity contribution in [3.63, 3.8) is 0 Å². The van der Waals surface area contributed by atoms with E-state index in [1.807, 2.05) is 6.92 Å². The fourth-order valence-corrected chi connectivity index (χ4v) is 1.93. The minimum atomic E-state index is -0.523. The number of alkyl carbamates (subject to hydrolysis) is 1. The van der Waals surface area contributed by atoms with E-state index >= 15 is 0 Å². The molecule has 5 heteroatoms. The molecule has 0 atom stereocenters. The normalized spacial score (nSPS) is 16.3. The van der Waals surface area contributed by atoms with Gasteiger partial charge in [-0.05, 0) is 19.3 Å². The maximum Gasteiger partial charge on any atom is 0.407 e. The number of hydrogen-bond donors (Lipinski definition) is 2. The lowest BCUT2D eigenvalue weighted by Crippen LogP contribution is -2.39. The van der Waals surface area contributed by atoms with E-state index in [1.54, 1.807) is 0 Å². The standard InChI is InChI=1S/C12H22N2O3/c1-2-8-13-12(16)17-9-11(15)14-10-6-4-3-5-7-10/h10H,2-9H2,1H3,(H,13,16)(H,14,15). The van der Waals surface area contributed by atoms with E-state index in [4.69, 9.17) is 4.74 Å². The third-order valence-corrected chi connectivity index (χ3v) is 2.82. The van der Waals surface area contributed by atoms with Crippen molar-refractivity contribution in [2.45, 2.75) is 51.5 Å². The quantitative estimate of drug-likeness (QED) is 0.769. The van der Waals surface area contributed by atoms with Crippen LogP contribution in [-0.2, 0) is 9.53 Å². The zero-order valence-electron chi connectivity index (χ0n) is 10.5. The molecule has 17 heavy (non-hydrogen) atoms. The molecular formula is C12H22N2O3. The van der Waals surface area contributed by atoms with E-state index in [1.165, 1.54) is 19.3 Å². The highest BCUT2D eigenvalue weighted by Crippen LogP contribution is 2.17. The summed E-state index contributed by atoms with van der Waals surface area (Å²) in [7, 11) is 0. The van der Waals surface area contributed by atoms with Crippen LogP contribution in [0.5, 0.6) is 0 Å². The second-order valence-electron chi connectivity index (χ2n) is 4.41. The Balaban J connectivity index is 2.09. The molecule has 0 aromatic carbocycles. The van der Waals surface area contributed by atoms with Gasteiger partial charge in [0.2, 0.25) is 0 Å². The highest BCUT2D eigenvalue weighted by molar-refractivity contribution is 5.80. The molecule has 5 nitrogen and oxygen atoms in total. The summed E-state index contributed by atoms with van der Waals surface area (Å²) in [4.78, 5) is 22.6. The summed E-state index contributed by atoms with van der Waals surface area (Å²) in [5.41, 5.74) is 0. The van der Waals surface area contributed by atoms with Crippen LogP contribution in [0.2, 0.25) is 0 Å². The van der Waals surface area contributed by atoms with Crippen LogP contribution in [0.25, 0.3) is 0 Å². The Morgan fingerprint density at radius 3 is 2.59 bits per heavy atom. The summed E-state index contributed by atoms with van der Waals surface area (Å²) in [5.74, 6) is -0.205. The van der Waals surface area contributed by atoms with E-state index in [0.717, 1.165) is 19.3 Å². The van der Waals surface area contributed by atoms with Gasteiger partial charge in [-0.15, -0.1) is 0 Å². The van der Waals surface area contributed by atoms with E-state index in [2.05, 4.69) is 10.6 Å². The largest absolute Gasteiger partial charge is 0.439 e. The number of nitrogens with one attached hydrogen (secondary N) is 2. The average Bonchev–Trinajstić information content (AvgIpc) is 2.35. The highest BCUT2D eigenvalue weighted by Gasteiger charge is 2.16. The van der Waals surface area contributed by atoms with Gasteiger partial charge in [0, 0.05) is 12.6 Å². The fourth-order valence-electron chi connectivity index (χ4n) is 1.93. The lowest BCUT2D eigenvalue weighted by atomic mass is 9.95. The van der Waals surface area contributed by atoms with Crippen molar-refractivity contribution >= 4 is 12.0 Å². The second-order valence-corrected chi connectivity index (χ2v) is 4.41. The van der Waals surface area contributed by atoms with Gasteiger partial charge in [0.25, 0.3) is 5.91 Å². The Hall–Kier alpha value is -1.26. The number of amides is 2. The van der Waals surface area contributed by atoms with Gasteiger partial charge in [0.15, 0.2) is 6.61 Å². The molecule has 0 spiro atoms. The first-order chi connectivity index (χ1) is 8.22. The molecular weight excluding hydrogens is 220 g/mol. The topological polar surface area (TPSA) is 67.4 Å². The summed E-state index contributed by atoms with van der Waals surface area (Å²) >= 11 is 0. The van der Waals surface area contributed by atoms with Gasteiger partial charge in [0.1, 0.15) is 0 Å². The first kappa shape index (κ1) is 13.8. The minimum absolute atomic E-state index is 0.188. The molecule has 0 aromatic rings. The Bertz CT molecular complexity index is 250. The van der Waals surface area contributed by atoms with Crippen LogP contribution in [0.3, 0.4) is 0 Å². The third kappa shape index (κ3) is 6.14. The van der Waals surface area contributed by atoms with Gasteiger partial charge in [-0.2, -0.15) is 0 Å². The molecule has 1 saturated carbocycles. The van der Waals surface area contributed by atoms with Crippen LogP contribution < -0.4 is 10.6 Å². The molecule has 0 aliphatic heterocycles. The van der Waals surface area contributed by atoms with Crippen LogP contribution in [-0.4, -0.2) is 31.2 Å². The zero-order chi connectivity index (χ0) is 12.5. The zero-order valence-corrected chi connectivity index (χ0v) is 10.5. The number of rotatable bonds is 5. The smallest absolute Gasteiger partial charge is 0.407 e. The van der Waals surface area contributed by atoms with Gasteiger partial charge < -0.3 is 15.4 Å². The first-order valence-electron chi connectivity index (χ1n) is 6.42. The van der Waals surface area contributed by atoms with Crippen molar-refractivity contribution in [2.75, 3.05) is 13.2 Å². The molecule has 0 aromatic heterocycles. The molecule has 1 aliphatic carbocycles. The number of hydrogen-bond acceptors (Lipinski definition) is 3. The highest BCUT2D eigenvalue weighted by atomic mass is 16.6. The molecule has 1 aliphatic rings. The lowest BCUT2D eigenvalue weighted by Gasteiger charge is -2.22. The molecule has 0 bridgehead atoms. The number of carbonyl (C=O) groups is 2. The van der Waals surface area contributed by atoms with E-state index < -0.39 is 6.09 Å². The van der Waals surface area contributed by atoms with Gasteiger partial charge in [-0.25, -0.2) is 4.79 Å². The Morgan fingerprint density at radius 2 is 1.94 bits per heavy atom.